The van der Waals surface area contributed by atoms with Gasteiger partial charge in [-0.15, -0.1) is 0 Å². The molecule has 1 aliphatic rings. The van der Waals surface area contributed by atoms with Gasteiger partial charge in [-0.25, -0.2) is 0 Å². The van der Waals surface area contributed by atoms with Gasteiger partial charge in [0.05, 0.1) is 11.1 Å². The van der Waals surface area contributed by atoms with Gasteiger partial charge in [0.1, 0.15) is 10.8 Å². The van der Waals surface area contributed by atoms with E-state index in [-0.39, 0.29) is 17.2 Å². The van der Waals surface area contributed by atoms with Crippen LogP contribution in [-0.2, 0) is 0 Å². The molecule has 2 unspecified atom stereocenters. The molecule has 0 radical (unpaired) electrons. The Morgan fingerprint density at radius 3 is 2.82 bits per heavy atom. The molecule has 1 amide bonds. The van der Waals surface area contributed by atoms with E-state index in [2.05, 4.69) is 10.3 Å². The Kier molecular flexibility index (Phi) is 3.97. The lowest BCUT2D eigenvalue weighted by Gasteiger charge is -2.09. The fourth-order valence-electron chi connectivity index (χ4n) is 2.09. The number of nitrogens with one attached hydrogen (secondary N) is 2. The molecule has 2 atom stereocenters. The van der Waals surface area contributed by atoms with Crippen molar-refractivity contribution in [1.29, 1.82) is 0 Å². The van der Waals surface area contributed by atoms with Gasteiger partial charge < -0.3 is 15.4 Å². The van der Waals surface area contributed by atoms with Crippen LogP contribution >= 0.6 is 23.2 Å². The number of H-pyrrole nitrogens is 1. The van der Waals surface area contributed by atoms with Crippen molar-refractivity contribution in [2.45, 2.75) is 25.4 Å². The smallest absolute Gasteiger partial charge is 0.267 e. The average molecular weight is 277 g/mol. The minimum atomic E-state index is -0.222. The molecule has 3 N–H and O–H groups in total. The van der Waals surface area contributed by atoms with E-state index in [0.29, 0.717) is 23.2 Å². The lowest BCUT2D eigenvalue weighted by molar-refractivity contribution is 0.0940. The first-order valence-corrected chi connectivity index (χ1v) is 6.32. The fraction of sp³-hybridized carbons (Fsp3) is 0.545. The third-order valence-electron chi connectivity index (χ3n) is 3.03. The van der Waals surface area contributed by atoms with Gasteiger partial charge >= 0.3 is 0 Å². The third-order valence-corrected chi connectivity index (χ3v) is 3.73. The minimum absolute atomic E-state index is 0.216. The second-order valence-corrected chi connectivity index (χ2v) is 5.17. The molecule has 1 aliphatic carbocycles. The largest absolute Gasteiger partial charge is 0.393 e. The summed E-state index contributed by atoms with van der Waals surface area (Å²) in [6.07, 6.45) is 2.31. The summed E-state index contributed by atoms with van der Waals surface area (Å²) in [5, 5.41) is 12.8. The van der Waals surface area contributed by atoms with E-state index >= 15 is 0 Å². The molecular formula is C11H14Cl2N2O2. The number of hydrogen-bond acceptors (Lipinski definition) is 2. The van der Waals surface area contributed by atoms with Crippen LogP contribution < -0.4 is 5.32 Å². The molecule has 17 heavy (non-hydrogen) atoms. The molecule has 0 aromatic carbocycles. The monoisotopic (exact) mass is 276 g/mol. The fourth-order valence-corrected chi connectivity index (χ4v) is 2.41. The third kappa shape index (κ3) is 3.15. The highest BCUT2D eigenvalue weighted by molar-refractivity contribution is 6.41. The SMILES string of the molecule is O=C(NCC1CCC(O)C1)c1cc(Cl)c(Cl)[nH]1. The van der Waals surface area contributed by atoms with Gasteiger partial charge in [0, 0.05) is 6.54 Å². The highest BCUT2D eigenvalue weighted by atomic mass is 35.5. The summed E-state index contributed by atoms with van der Waals surface area (Å²) in [6.45, 7) is 0.574. The maximum Gasteiger partial charge on any atom is 0.267 e. The number of aliphatic hydroxyl groups excluding tert-OH is 1. The Labute approximate surface area is 109 Å². The van der Waals surface area contributed by atoms with Gasteiger partial charge in [-0.2, -0.15) is 0 Å². The first kappa shape index (κ1) is 12.7. The van der Waals surface area contributed by atoms with E-state index < -0.39 is 0 Å². The van der Waals surface area contributed by atoms with Gasteiger partial charge in [0.25, 0.3) is 5.91 Å². The van der Waals surface area contributed by atoms with E-state index in [4.69, 9.17) is 23.2 Å². The van der Waals surface area contributed by atoms with Crippen LogP contribution in [0, 0.1) is 5.92 Å². The van der Waals surface area contributed by atoms with E-state index in [1.165, 1.54) is 6.07 Å². The van der Waals surface area contributed by atoms with Gasteiger partial charge in [0.2, 0.25) is 0 Å². The number of aliphatic hydroxyl groups is 1. The quantitative estimate of drug-likeness (QED) is 0.793. The van der Waals surface area contributed by atoms with E-state index in [1.54, 1.807) is 0 Å². The van der Waals surface area contributed by atoms with Crippen LogP contribution in [0.4, 0.5) is 0 Å². The van der Waals surface area contributed by atoms with E-state index in [0.717, 1.165) is 19.3 Å². The summed E-state index contributed by atoms with van der Waals surface area (Å²) < 4.78 is 0. The molecular weight excluding hydrogens is 263 g/mol. The number of aromatic amines is 1. The molecule has 0 bridgehead atoms. The zero-order valence-corrected chi connectivity index (χ0v) is 10.7. The molecule has 0 saturated heterocycles. The number of carbonyl (C=O) groups is 1. The molecule has 1 aromatic rings. The van der Waals surface area contributed by atoms with Crippen molar-refractivity contribution in [3.8, 4) is 0 Å². The molecule has 1 aromatic heterocycles. The lowest BCUT2D eigenvalue weighted by Crippen LogP contribution is -2.28. The Morgan fingerprint density at radius 2 is 2.29 bits per heavy atom. The first-order valence-electron chi connectivity index (χ1n) is 5.56. The Bertz CT molecular complexity index is 400. The summed E-state index contributed by atoms with van der Waals surface area (Å²) in [5.74, 6) is 0.134. The highest BCUT2D eigenvalue weighted by Crippen LogP contribution is 2.25. The molecule has 94 valence electrons. The van der Waals surface area contributed by atoms with E-state index in [9.17, 15) is 9.90 Å². The predicted octanol–water partition coefficient (Wildman–Crippen LogP) is 2.21. The number of rotatable bonds is 3. The van der Waals surface area contributed by atoms with Crippen LogP contribution in [0.5, 0.6) is 0 Å². The summed E-state index contributed by atoms with van der Waals surface area (Å²) in [6, 6.07) is 1.50. The summed E-state index contributed by atoms with van der Waals surface area (Å²) in [4.78, 5) is 14.4. The van der Waals surface area contributed by atoms with E-state index in [1.807, 2.05) is 0 Å². The molecule has 4 nitrogen and oxygen atoms in total. The summed E-state index contributed by atoms with van der Waals surface area (Å²) in [5.41, 5.74) is 0.360. The molecule has 2 rings (SSSR count). The molecule has 1 fully saturated rings. The minimum Gasteiger partial charge on any atom is -0.393 e. The second kappa shape index (κ2) is 5.29. The zero-order valence-electron chi connectivity index (χ0n) is 9.17. The maximum absolute atomic E-state index is 11.7. The van der Waals surface area contributed by atoms with Crippen molar-refractivity contribution in [3.63, 3.8) is 0 Å². The Morgan fingerprint density at radius 1 is 1.53 bits per heavy atom. The van der Waals surface area contributed by atoms with Gasteiger partial charge in [-0.3, -0.25) is 4.79 Å². The predicted molar refractivity (Wildman–Crippen MR) is 66.5 cm³/mol. The van der Waals surface area contributed by atoms with Gasteiger partial charge in [-0.05, 0) is 31.2 Å². The average Bonchev–Trinajstić information content (AvgIpc) is 2.83. The van der Waals surface area contributed by atoms with Crippen LogP contribution in [0.2, 0.25) is 10.2 Å². The van der Waals surface area contributed by atoms with Crippen LogP contribution in [0.15, 0.2) is 6.07 Å². The van der Waals surface area contributed by atoms with Crippen LogP contribution in [0.3, 0.4) is 0 Å². The van der Waals surface area contributed by atoms with Crippen LogP contribution in [-0.4, -0.2) is 28.6 Å². The molecule has 0 aliphatic heterocycles. The zero-order chi connectivity index (χ0) is 12.4. The summed E-state index contributed by atoms with van der Waals surface area (Å²) in [7, 11) is 0. The van der Waals surface area contributed by atoms with Crippen molar-refractivity contribution in [2.75, 3.05) is 6.54 Å². The lowest BCUT2D eigenvalue weighted by atomic mass is 10.1. The molecule has 6 heteroatoms. The Balaban J connectivity index is 1.85. The van der Waals surface area contributed by atoms with Crippen molar-refractivity contribution >= 4 is 29.1 Å². The number of carbonyl (C=O) groups excluding carboxylic acids is 1. The van der Waals surface area contributed by atoms with Crippen molar-refractivity contribution < 1.29 is 9.90 Å². The van der Waals surface area contributed by atoms with Gasteiger partial charge in [0.15, 0.2) is 0 Å². The number of aromatic nitrogens is 1. The van der Waals surface area contributed by atoms with Gasteiger partial charge in [-0.1, -0.05) is 23.2 Å². The number of hydrogen-bond donors (Lipinski definition) is 3. The normalized spacial score (nSPS) is 23.9. The number of halogens is 2. The first-order chi connectivity index (χ1) is 8.06. The van der Waals surface area contributed by atoms with Crippen LogP contribution in [0.25, 0.3) is 0 Å². The summed E-state index contributed by atoms with van der Waals surface area (Å²) >= 11 is 11.5. The highest BCUT2D eigenvalue weighted by Gasteiger charge is 2.23. The van der Waals surface area contributed by atoms with Crippen molar-refractivity contribution in [2.24, 2.45) is 5.92 Å². The van der Waals surface area contributed by atoms with Crippen molar-refractivity contribution in [3.05, 3.63) is 21.9 Å². The molecule has 1 heterocycles. The van der Waals surface area contributed by atoms with Crippen LogP contribution in [0.1, 0.15) is 29.8 Å². The number of amides is 1. The molecule has 1 saturated carbocycles. The molecule has 0 spiro atoms. The second-order valence-electron chi connectivity index (χ2n) is 4.39. The standard InChI is InChI=1S/C11H14Cl2N2O2/c12-8-4-9(15-10(8)13)11(17)14-5-6-1-2-7(16)3-6/h4,6-7,15-16H,1-3,5H2,(H,14,17). The topological polar surface area (TPSA) is 65.1 Å². The van der Waals surface area contributed by atoms with Crippen molar-refractivity contribution in [1.82, 2.24) is 10.3 Å². The Hall–Kier alpha value is -0.710. The maximum atomic E-state index is 11.7.